The van der Waals surface area contributed by atoms with Gasteiger partial charge in [-0.1, -0.05) is 128 Å². The van der Waals surface area contributed by atoms with Crippen LogP contribution in [0.1, 0.15) is 227 Å². The highest BCUT2D eigenvalue weighted by atomic mass is 16.6. The number of carbonyl (C=O) groups is 22. The van der Waals surface area contributed by atoms with Gasteiger partial charge in [-0.15, -0.1) is 0 Å². The monoisotopic (exact) mass is 1630 g/mol. The van der Waals surface area contributed by atoms with Crippen molar-refractivity contribution in [3.63, 3.8) is 0 Å². The topological polar surface area (TPSA) is 696 Å². The zero-order chi connectivity index (χ0) is 91.3. The van der Waals surface area contributed by atoms with Crippen LogP contribution in [0.25, 0.3) is 0 Å². The maximum absolute atomic E-state index is 10.2. The van der Waals surface area contributed by atoms with Gasteiger partial charge in [0.15, 0.2) is 0 Å². The highest BCUT2D eigenvalue weighted by Gasteiger charge is 2.06. The highest BCUT2D eigenvalue weighted by molar-refractivity contribution is 5.91. The second kappa shape index (κ2) is 87.9. The predicted molar refractivity (Wildman–Crippen MR) is 396 cm³/mol. The average Bonchev–Trinajstić information content (AvgIpc) is 0.958. The molecule has 0 atom stereocenters. The van der Waals surface area contributed by atoms with Gasteiger partial charge in [-0.05, 0) is 74.2 Å². The van der Waals surface area contributed by atoms with Gasteiger partial charge in [-0.25, -0.2) is 19.2 Å². The van der Waals surface area contributed by atoms with Crippen molar-refractivity contribution in [3.8, 4) is 0 Å². The lowest BCUT2D eigenvalue weighted by atomic mass is 10.2. The molecule has 0 saturated carbocycles. The molecule has 4 aromatic carbocycles. The van der Waals surface area contributed by atoms with Crippen LogP contribution in [-0.2, 0) is 105 Å². The Balaban J connectivity index is -0.000000111. The normalized spacial score (nSPS) is 8.42. The summed E-state index contributed by atoms with van der Waals surface area (Å²) in [6.45, 7) is 18.7. The van der Waals surface area contributed by atoms with Gasteiger partial charge in [0.25, 0.3) is 0 Å². The lowest BCUT2D eigenvalue weighted by molar-refractivity contribution is -0.159. The molecule has 0 aliphatic carbocycles. The lowest BCUT2D eigenvalue weighted by Gasteiger charge is -1.92. The summed E-state index contributed by atoms with van der Waals surface area (Å²) >= 11 is 0. The van der Waals surface area contributed by atoms with Crippen LogP contribution in [0.3, 0.4) is 0 Å². The average molecular weight is 1630 g/mol. The summed E-state index contributed by atoms with van der Waals surface area (Å²) in [4.78, 5) is 217. The molecule has 0 saturated heterocycles. The Bertz CT molecular complexity index is 3020. The van der Waals surface area contributed by atoms with E-state index < -0.39 is 144 Å². The fourth-order valence-electron chi connectivity index (χ4n) is 4.58. The fourth-order valence-corrected chi connectivity index (χ4v) is 4.58. The Kier molecular flexibility index (Phi) is 95.4. The van der Waals surface area contributed by atoms with Gasteiger partial charge < -0.3 is 90.4 Å². The Labute approximate surface area is 654 Å². The number of carboxylic acid groups (broad SMARTS) is 14. The first kappa shape index (κ1) is 124. The van der Waals surface area contributed by atoms with E-state index in [0.29, 0.717) is 47.9 Å². The number of carboxylic acids is 14. The molecule has 0 spiro atoms. The van der Waals surface area contributed by atoms with Crippen LogP contribution in [0.2, 0.25) is 0 Å². The molecule has 114 heavy (non-hydrogen) atoms. The number of hydrogen-bond donors (Lipinski definition) is 14. The molecule has 638 valence electrons. The molecule has 40 heteroatoms. The third-order valence-electron chi connectivity index (χ3n) is 9.28. The van der Waals surface area contributed by atoms with Crippen molar-refractivity contribution in [2.24, 2.45) is 0 Å². The SMILES string of the molecule is CCC(=O)OC(C)=O.CCC(=O)OC(C)=O.CCC(=O)OC(C)=O.CCC(=O)OC(C)=O.CCCC(=O)O.CCCC(=O)O.CCCC(=O)O.CCCC(=O)O.O=C(O)CC(=O)O.O=C(O)CC(=O)O.O=C(O)CCC(=O)O.O=C(O)c1ccccc1.O=C(O)c1ccccc1.O=C(O)c1ccccc1.O=C(O)c1ccccc1. The van der Waals surface area contributed by atoms with E-state index in [2.05, 4.69) is 18.9 Å². The largest absolute Gasteiger partial charge is 0.481 e. The minimum absolute atomic E-state index is 0.250. The van der Waals surface area contributed by atoms with Crippen molar-refractivity contribution in [1.82, 2.24) is 0 Å². The van der Waals surface area contributed by atoms with Gasteiger partial charge >= 0.3 is 131 Å². The molecule has 0 fully saturated rings. The fraction of sp³-hybridized carbons (Fsp3) is 0.378. The molecule has 0 unspecified atom stereocenters. The first-order valence-electron chi connectivity index (χ1n) is 33.0. The number of aliphatic carboxylic acids is 10. The minimum atomic E-state index is -1.31. The molecule has 0 heterocycles. The van der Waals surface area contributed by atoms with Gasteiger partial charge in [-0.2, -0.15) is 0 Å². The Morgan fingerprint density at radius 3 is 0.386 bits per heavy atom. The molecule has 40 nitrogen and oxygen atoms in total. The third kappa shape index (κ3) is 134. The first-order chi connectivity index (χ1) is 52.8. The lowest BCUT2D eigenvalue weighted by Crippen LogP contribution is -2.06. The minimum Gasteiger partial charge on any atom is -0.481 e. The summed E-state index contributed by atoms with van der Waals surface area (Å²) < 4.78 is 16.5. The maximum Gasteiger partial charge on any atom is 0.335 e. The summed E-state index contributed by atoms with van der Waals surface area (Å²) in [5.74, 6) is -17.8. The number of benzene rings is 4. The second-order valence-corrected chi connectivity index (χ2v) is 19.8. The van der Waals surface area contributed by atoms with Gasteiger partial charge in [0, 0.05) is 79.1 Å². The van der Waals surface area contributed by atoms with Crippen molar-refractivity contribution in [2.45, 2.75) is 186 Å². The van der Waals surface area contributed by atoms with Gasteiger partial charge in [0.05, 0.1) is 35.1 Å². The maximum atomic E-state index is 10.2. The quantitative estimate of drug-likeness (QED) is 0.0186. The van der Waals surface area contributed by atoms with E-state index in [4.69, 9.17) is 71.5 Å². The van der Waals surface area contributed by atoms with Gasteiger partial charge in [0.1, 0.15) is 12.8 Å². The molecule has 0 amide bonds. The smallest absolute Gasteiger partial charge is 0.335 e. The number of ether oxygens (including phenoxy) is 4. The van der Waals surface area contributed by atoms with E-state index in [-0.39, 0.29) is 38.5 Å². The van der Waals surface area contributed by atoms with Gasteiger partial charge in [-0.3, -0.25) is 86.3 Å². The van der Waals surface area contributed by atoms with Crippen molar-refractivity contribution >= 4 is 131 Å². The molecular formula is C74H102O40. The van der Waals surface area contributed by atoms with Crippen LogP contribution < -0.4 is 0 Å². The van der Waals surface area contributed by atoms with E-state index >= 15 is 0 Å². The molecular weight excluding hydrogens is 1530 g/mol. The molecule has 0 radical (unpaired) electrons. The second-order valence-electron chi connectivity index (χ2n) is 19.8. The summed E-state index contributed by atoms with van der Waals surface area (Å²) in [7, 11) is 0. The van der Waals surface area contributed by atoms with Crippen LogP contribution >= 0.6 is 0 Å². The van der Waals surface area contributed by atoms with Crippen LogP contribution in [0.4, 0.5) is 0 Å². The molecule has 0 bridgehead atoms. The van der Waals surface area contributed by atoms with Crippen molar-refractivity contribution < 1.29 is 196 Å². The molecule has 4 aromatic rings. The number of carbonyl (C=O) groups excluding carboxylic acids is 8. The molecule has 0 aliphatic heterocycles. The van der Waals surface area contributed by atoms with E-state index in [1.807, 2.05) is 27.7 Å². The summed E-state index contributed by atoms with van der Waals surface area (Å²) in [6.07, 6.45) is 2.89. The van der Waals surface area contributed by atoms with E-state index in [1.54, 1.807) is 149 Å². The first-order valence-corrected chi connectivity index (χ1v) is 33.0. The van der Waals surface area contributed by atoms with Crippen LogP contribution in [-0.4, -0.2) is 203 Å². The zero-order valence-electron chi connectivity index (χ0n) is 64.7. The molecule has 4 rings (SSSR count). The highest BCUT2D eigenvalue weighted by Crippen LogP contribution is 2.00. The van der Waals surface area contributed by atoms with E-state index in [0.717, 1.165) is 25.7 Å². The number of esters is 8. The zero-order valence-corrected chi connectivity index (χ0v) is 64.7. The van der Waals surface area contributed by atoms with E-state index in [1.165, 1.54) is 27.7 Å². The number of hydrogen-bond acceptors (Lipinski definition) is 26. The van der Waals surface area contributed by atoms with Crippen molar-refractivity contribution in [1.29, 1.82) is 0 Å². The van der Waals surface area contributed by atoms with Gasteiger partial charge in [0.2, 0.25) is 0 Å². The number of aromatic carboxylic acids is 4. The third-order valence-corrected chi connectivity index (χ3v) is 9.28. The Morgan fingerprint density at radius 2 is 0.342 bits per heavy atom. The number of rotatable bonds is 23. The van der Waals surface area contributed by atoms with E-state index in [9.17, 15) is 105 Å². The Hall–Kier alpha value is -14.0. The summed E-state index contributed by atoms with van der Waals surface area (Å²) in [5, 5.41) is 112. The van der Waals surface area contributed by atoms with Crippen molar-refractivity contribution in [2.75, 3.05) is 0 Å². The molecule has 0 aliphatic rings. The molecule has 14 N–H and O–H groups in total. The van der Waals surface area contributed by atoms with Crippen LogP contribution in [0.15, 0.2) is 121 Å². The van der Waals surface area contributed by atoms with Crippen LogP contribution in [0.5, 0.6) is 0 Å². The standard InChI is InChI=1S/4C7H6O2.4C5H8O3.C4H6O4.4C4H8O2.2C3H4O4/c4*8-7(9)6-4-2-1-3-5-6;4*1-3-5(7)8-4(2)6;5-3(6)1-2-4(7)8;4*1-2-3-4(5)6;2*4-2(5)1-3(6)7/h4*1-5H,(H,8,9);4*3H2,1-2H3;1-2H2,(H,5,6)(H,7,8);4*2-3H2,1H3,(H,5,6);2*1H2,(H,4,5)(H,6,7). The van der Waals surface area contributed by atoms with Crippen molar-refractivity contribution in [3.05, 3.63) is 144 Å². The summed E-state index contributed by atoms with van der Waals surface area (Å²) in [6, 6.07) is 33.2. The van der Waals surface area contributed by atoms with Crippen LogP contribution in [0, 0.1) is 0 Å². The Morgan fingerprint density at radius 1 is 0.211 bits per heavy atom. The predicted octanol–water partition coefficient (Wildman–Crippen LogP) is 10.00. The summed E-state index contributed by atoms with van der Waals surface area (Å²) in [5.41, 5.74) is 1.32. The molecule has 0 aromatic heterocycles.